The van der Waals surface area contributed by atoms with Gasteiger partial charge in [0.1, 0.15) is 24.3 Å². The first-order valence-electron chi connectivity index (χ1n) is 7.79. The van der Waals surface area contributed by atoms with Gasteiger partial charge in [-0.2, -0.15) is 0 Å². The molecule has 0 unspecified atom stereocenters. The van der Waals surface area contributed by atoms with E-state index in [9.17, 15) is 5.11 Å². The van der Waals surface area contributed by atoms with E-state index < -0.39 is 0 Å². The van der Waals surface area contributed by atoms with Gasteiger partial charge in [0, 0.05) is 15.7 Å². The van der Waals surface area contributed by atoms with Crippen molar-refractivity contribution in [2.45, 2.75) is 6.61 Å². The summed E-state index contributed by atoms with van der Waals surface area (Å²) in [5.74, 6) is 0.682. The minimum Gasteiger partial charge on any atom is -0.508 e. The predicted molar refractivity (Wildman–Crippen MR) is 102 cm³/mol. The fraction of sp³-hybridized carbons (Fsp3) is 0.0526. The van der Waals surface area contributed by atoms with Gasteiger partial charge in [-0.25, -0.2) is 9.97 Å². The average Bonchev–Trinajstić information content (AvgIpc) is 3.04. The molecule has 0 aliphatic heterocycles. The standard InChI is InChI=1S/C19H13Cl2N3O2/c20-13-5-11(6-14(21)7-13)9-26-19-16-8-17(24-18(16)22-10-23-19)12-1-3-15(25)4-2-12/h1-8,10,25H,9H2,(H,22,23,24). The number of rotatable bonds is 4. The first-order chi connectivity index (χ1) is 12.6. The maximum absolute atomic E-state index is 9.43. The quantitative estimate of drug-likeness (QED) is 0.505. The summed E-state index contributed by atoms with van der Waals surface area (Å²) in [6, 6.07) is 14.1. The lowest BCUT2D eigenvalue weighted by Crippen LogP contribution is -1.98. The van der Waals surface area contributed by atoms with Crippen LogP contribution in [-0.4, -0.2) is 20.1 Å². The number of H-pyrrole nitrogens is 1. The Balaban J connectivity index is 1.64. The van der Waals surface area contributed by atoms with Gasteiger partial charge >= 0.3 is 0 Å². The largest absolute Gasteiger partial charge is 0.508 e. The molecule has 4 rings (SSSR count). The fourth-order valence-electron chi connectivity index (χ4n) is 2.67. The number of fused-ring (bicyclic) bond motifs is 1. The van der Waals surface area contributed by atoms with Crippen molar-refractivity contribution in [2.75, 3.05) is 0 Å². The fourth-order valence-corrected chi connectivity index (χ4v) is 3.25. The minimum atomic E-state index is 0.217. The summed E-state index contributed by atoms with van der Waals surface area (Å²) >= 11 is 12.0. The van der Waals surface area contributed by atoms with Crippen molar-refractivity contribution in [3.05, 3.63) is 70.5 Å². The van der Waals surface area contributed by atoms with Crippen LogP contribution in [0, 0.1) is 0 Å². The first-order valence-corrected chi connectivity index (χ1v) is 8.55. The van der Waals surface area contributed by atoms with Crippen molar-refractivity contribution in [1.29, 1.82) is 0 Å². The number of phenolic OH excluding ortho intramolecular Hbond substituents is 1. The van der Waals surface area contributed by atoms with Crippen LogP contribution >= 0.6 is 23.2 Å². The number of phenols is 1. The van der Waals surface area contributed by atoms with E-state index in [0.29, 0.717) is 21.6 Å². The zero-order valence-corrected chi connectivity index (χ0v) is 14.9. The smallest absolute Gasteiger partial charge is 0.226 e. The van der Waals surface area contributed by atoms with E-state index in [2.05, 4.69) is 15.0 Å². The third-order valence-electron chi connectivity index (χ3n) is 3.87. The van der Waals surface area contributed by atoms with Gasteiger partial charge in [0.25, 0.3) is 0 Å². The molecule has 2 heterocycles. The van der Waals surface area contributed by atoms with Crippen molar-refractivity contribution in [3.63, 3.8) is 0 Å². The van der Waals surface area contributed by atoms with E-state index >= 15 is 0 Å². The van der Waals surface area contributed by atoms with E-state index in [4.69, 9.17) is 27.9 Å². The predicted octanol–water partition coefficient (Wildman–Crippen LogP) is 5.22. The number of ether oxygens (including phenoxy) is 1. The van der Waals surface area contributed by atoms with E-state index in [-0.39, 0.29) is 12.4 Å². The highest BCUT2D eigenvalue weighted by Gasteiger charge is 2.11. The summed E-state index contributed by atoms with van der Waals surface area (Å²) in [7, 11) is 0. The van der Waals surface area contributed by atoms with Gasteiger partial charge in [-0.1, -0.05) is 23.2 Å². The molecule has 0 radical (unpaired) electrons. The number of hydrogen-bond donors (Lipinski definition) is 2. The Labute approximate surface area is 159 Å². The minimum absolute atomic E-state index is 0.217. The number of aromatic nitrogens is 3. The van der Waals surface area contributed by atoms with E-state index in [1.807, 2.05) is 18.2 Å². The summed E-state index contributed by atoms with van der Waals surface area (Å²) in [5.41, 5.74) is 3.30. The molecule has 2 N–H and O–H groups in total. The molecule has 2 aromatic carbocycles. The average molecular weight is 386 g/mol. The van der Waals surface area contributed by atoms with Gasteiger partial charge in [0.2, 0.25) is 5.88 Å². The van der Waals surface area contributed by atoms with Crippen LogP contribution in [0.5, 0.6) is 11.6 Å². The summed E-state index contributed by atoms with van der Waals surface area (Å²) < 4.78 is 5.86. The zero-order valence-electron chi connectivity index (χ0n) is 13.4. The van der Waals surface area contributed by atoms with Crippen molar-refractivity contribution < 1.29 is 9.84 Å². The zero-order chi connectivity index (χ0) is 18.1. The van der Waals surface area contributed by atoms with Crippen LogP contribution in [0.2, 0.25) is 10.0 Å². The van der Waals surface area contributed by atoms with E-state index in [1.54, 1.807) is 30.3 Å². The second-order valence-corrected chi connectivity index (χ2v) is 6.61. The molecule has 0 bridgehead atoms. The number of benzene rings is 2. The third-order valence-corrected chi connectivity index (χ3v) is 4.30. The number of aromatic amines is 1. The number of hydrogen-bond acceptors (Lipinski definition) is 4. The van der Waals surface area contributed by atoms with Gasteiger partial charge in [-0.15, -0.1) is 0 Å². The van der Waals surface area contributed by atoms with E-state index in [0.717, 1.165) is 22.2 Å². The highest BCUT2D eigenvalue weighted by atomic mass is 35.5. The second-order valence-electron chi connectivity index (χ2n) is 5.74. The normalized spacial score (nSPS) is 11.0. The summed E-state index contributed by atoms with van der Waals surface area (Å²) in [6.45, 7) is 0.284. The second kappa shape index (κ2) is 6.86. The van der Waals surface area contributed by atoms with Crippen molar-refractivity contribution >= 4 is 34.2 Å². The van der Waals surface area contributed by atoms with Gasteiger partial charge in [0.05, 0.1) is 5.39 Å². The summed E-state index contributed by atoms with van der Waals surface area (Å²) in [4.78, 5) is 11.7. The van der Waals surface area contributed by atoms with Crippen LogP contribution < -0.4 is 4.74 Å². The van der Waals surface area contributed by atoms with Crippen LogP contribution in [0.4, 0.5) is 0 Å². The van der Waals surface area contributed by atoms with Gasteiger partial charge in [0.15, 0.2) is 0 Å². The van der Waals surface area contributed by atoms with Gasteiger partial charge in [-0.05, 0) is 59.7 Å². The molecular weight excluding hydrogens is 373 g/mol. The lowest BCUT2D eigenvalue weighted by atomic mass is 10.1. The molecule has 0 amide bonds. The maximum Gasteiger partial charge on any atom is 0.226 e. The Morgan fingerprint density at radius 2 is 1.69 bits per heavy atom. The van der Waals surface area contributed by atoms with Crippen LogP contribution in [0.15, 0.2) is 54.9 Å². The number of halogens is 2. The van der Waals surface area contributed by atoms with Gasteiger partial charge < -0.3 is 14.8 Å². The van der Waals surface area contributed by atoms with Crippen LogP contribution in [0.25, 0.3) is 22.3 Å². The Morgan fingerprint density at radius 3 is 2.42 bits per heavy atom. The number of nitrogens with zero attached hydrogens (tertiary/aromatic N) is 2. The Morgan fingerprint density at radius 1 is 0.962 bits per heavy atom. The molecule has 2 aromatic heterocycles. The molecule has 130 valence electrons. The molecule has 0 spiro atoms. The van der Waals surface area contributed by atoms with Crippen LogP contribution in [0.1, 0.15) is 5.56 Å². The number of aromatic hydroxyl groups is 1. The molecule has 26 heavy (non-hydrogen) atoms. The molecule has 0 atom stereocenters. The Hall–Kier alpha value is -2.76. The number of nitrogens with one attached hydrogen (secondary N) is 1. The van der Waals surface area contributed by atoms with Crippen molar-refractivity contribution in [1.82, 2.24) is 15.0 Å². The Bertz CT molecular complexity index is 1060. The highest BCUT2D eigenvalue weighted by molar-refractivity contribution is 6.34. The third kappa shape index (κ3) is 3.45. The highest BCUT2D eigenvalue weighted by Crippen LogP contribution is 2.29. The SMILES string of the molecule is Oc1ccc(-c2cc3c(OCc4cc(Cl)cc(Cl)c4)ncnc3[nH]2)cc1. The molecule has 0 aliphatic rings. The topological polar surface area (TPSA) is 71.0 Å². The molecule has 0 fully saturated rings. The molecule has 0 saturated heterocycles. The molecular formula is C19H13Cl2N3O2. The maximum atomic E-state index is 9.43. The van der Waals surface area contributed by atoms with Crippen molar-refractivity contribution in [2.24, 2.45) is 0 Å². The molecule has 4 aromatic rings. The summed E-state index contributed by atoms with van der Waals surface area (Å²) in [5, 5.41) is 11.3. The summed E-state index contributed by atoms with van der Waals surface area (Å²) in [6.07, 6.45) is 1.44. The van der Waals surface area contributed by atoms with Crippen molar-refractivity contribution in [3.8, 4) is 22.9 Å². The molecule has 0 saturated carbocycles. The molecule has 5 nitrogen and oxygen atoms in total. The first kappa shape index (κ1) is 16.7. The van der Waals surface area contributed by atoms with Crippen LogP contribution in [0.3, 0.4) is 0 Å². The van der Waals surface area contributed by atoms with Crippen LogP contribution in [-0.2, 0) is 6.61 Å². The molecule has 0 aliphatic carbocycles. The lowest BCUT2D eigenvalue weighted by molar-refractivity contribution is 0.297. The molecule has 7 heteroatoms. The lowest BCUT2D eigenvalue weighted by Gasteiger charge is -2.07. The van der Waals surface area contributed by atoms with E-state index in [1.165, 1.54) is 6.33 Å². The Kier molecular flexibility index (Phi) is 4.41. The monoisotopic (exact) mass is 385 g/mol. The van der Waals surface area contributed by atoms with Gasteiger partial charge in [-0.3, -0.25) is 0 Å².